The van der Waals surface area contributed by atoms with E-state index in [2.05, 4.69) is 19.1 Å². The number of anilines is 2. The molecule has 88 valence electrons. The van der Waals surface area contributed by atoms with Crippen LogP contribution in [0.2, 0.25) is 0 Å². The molecule has 0 fully saturated rings. The van der Waals surface area contributed by atoms with Gasteiger partial charge in [0.15, 0.2) is 0 Å². The maximum atomic E-state index is 5.83. The minimum atomic E-state index is 0.784. The topological polar surface area (TPSA) is 52.0 Å². The minimum Gasteiger partial charge on any atom is -0.399 e. The van der Waals surface area contributed by atoms with Crippen LogP contribution in [-0.4, -0.2) is 5.75 Å². The summed E-state index contributed by atoms with van der Waals surface area (Å²) in [5.74, 6) is 1.03. The fourth-order valence-corrected chi connectivity index (χ4v) is 2.63. The van der Waals surface area contributed by atoms with Gasteiger partial charge in [-0.3, -0.25) is 0 Å². The van der Waals surface area contributed by atoms with Crippen LogP contribution >= 0.6 is 11.8 Å². The van der Waals surface area contributed by atoms with Crippen LogP contribution in [0.25, 0.3) is 11.1 Å². The molecule has 2 nitrogen and oxygen atoms in total. The Morgan fingerprint density at radius 2 is 1.76 bits per heavy atom. The van der Waals surface area contributed by atoms with Crippen LogP contribution in [0, 0.1) is 0 Å². The Morgan fingerprint density at radius 1 is 1.00 bits per heavy atom. The summed E-state index contributed by atoms with van der Waals surface area (Å²) < 4.78 is 0. The van der Waals surface area contributed by atoms with Gasteiger partial charge >= 0.3 is 0 Å². The van der Waals surface area contributed by atoms with Gasteiger partial charge in [-0.05, 0) is 41.1 Å². The number of nitrogens with two attached hydrogens (primary N) is 2. The number of nitrogen functional groups attached to an aromatic ring is 2. The molecule has 0 aliphatic carbocycles. The largest absolute Gasteiger partial charge is 0.399 e. The highest BCUT2D eigenvalue weighted by atomic mass is 32.2. The van der Waals surface area contributed by atoms with Crippen LogP contribution in [0.15, 0.2) is 47.4 Å². The molecule has 0 spiro atoms. The second kappa shape index (κ2) is 5.15. The number of hydrogen-bond donors (Lipinski definition) is 2. The van der Waals surface area contributed by atoms with Crippen molar-refractivity contribution in [2.45, 2.75) is 11.8 Å². The van der Waals surface area contributed by atoms with Gasteiger partial charge in [0.2, 0.25) is 0 Å². The fourth-order valence-electron chi connectivity index (χ4n) is 1.76. The van der Waals surface area contributed by atoms with Crippen molar-refractivity contribution < 1.29 is 0 Å². The second-order valence-electron chi connectivity index (χ2n) is 3.81. The first-order chi connectivity index (χ1) is 8.20. The summed E-state index contributed by atoms with van der Waals surface area (Å²) >= 11 is 1.80. The van der Waals surface area contributed by atoms with Crippen LogP contribution in [0.3, 0.4) is 0 Å². The number of hydrogen-bond acceptors (Lipinski definition) is 3. The number of benzene rings is 2. The molecule has 2 aromatic carbocycles. The van der Waals surface area contributed by atoms with E-state index >= 15 is 0 Å². The van der Waals surface area contributed by atoms with Gasteiger partial charge in [0.05, 0.1) is 0 Å². The van der Waals surface area contributed by atoms with Gasteiger partial charge < -0.3 is 11.5 Å². The van der Waals surface area contributed by atoms with Gasteiger partial charge in [-0.2, -0.15) is 0 Å². The standard InChI is InChI=1S/C14H16N2S/c1-2-17-14-9-12(16)6-7-13(14)10-4-3-5-11(15)8-10/h3-9H,2,15-16H2,1H3. The molecule has 2 aromatic rings. The number of rotatable bonds is 3. The van der Waals surface area contributed by atoms with E-state index in [1.165, 1.54) is 10.5 Å². The average molecular weight is 244 g/mol. The van der Waals surface area contributed by atoms with E-state index in [1.54, 1.807) is 11.8 Å². The SMILES string of the molecule is CCSc1cc(N)ccc1-c1cccc(N)c1. The highest BCUT2D eigenvalue weighted by Crippen LogP contribution is 2.33. The molecular weight excluding hydrogens is 228 g/mol. The lowest BCUT2D eigenvalue weighted by molar-refractivity contribution is 1.42. The molecule has 0 aliphatic heterocycles. The average Bonchev–Trinajstić information content (AvgIpc) is 2.29. The third-order valence-corrected chi connectivity index (χ3v) is 3.44. The van der Waals surface area contributed by atoms with Crippen LogP contribution < -0.4 is 11.5 Å². The monoisotopic (exact) mass is 244 g/mol. The predicted octanol–water partition coefficient (Wildman–Crippen LogP) is 3.63. The fraction of sp³-hybridized carbons (Fsp3) is 0.143. The van der Waals surface area contributed by atoms with Crippen molar-refractivity contribution in [3.05, 3.63) is 42.5 Å². The zero-order valence-electron chi connectivity index (χ0n) is 9.81. The third-order valence-electron chi connectivity index (χ3n) is 2.50. The Kier molecular flexibility index (Phi) is 3.59. The number of thioether (sulfide) groups is 1. The Labute approximate surface area is 106 Å². The summed E-state index contributed by atoms with van der Waals surface area (Å²) in [6.45, 7) is 2.14. The molecule has 17 heavy (non-hydrogen) atoms. The van der Waals surface area contributed by atoms with E-state index in [-0.39, 0.29) is 0 Å². The van der Waals surface area contributed by atoms with E-state index in [0.29, 0.717) is 0 Å². The van der Waals surface area contributed by atoms with Crippen molar-refractivity contribution in [3.63, 3.8) is 0 Å². The first-order valence-corrected chi connectivity index (χ1v) is 6.57. The van der Waals surface area contributed by atoms with E-state index in [9.17, 15) is 0 Å². The normalized spacial score (nSPS) is 10.4. The lowest BCUT2D eigenvalue weighted by Gasteiger charge is -2.10. The lowest BCUT2D eigenvalue weighted by atomic mass is 10.0. The van der Waals surface area contributed by atoms with Gasteiger partial charge in [0.1, 0.15) is 0 Å². The first kappa shape index (κ1) is 11.9. The lowest BCUT2D eigenvalue weighted by Crippen LogP contribution is -1.90. The van der Waals surface area contributed by atoms with Crippen molar-refractivity contribution in [1.82, 2.24) is 0 Å². The molecule has 0 heterocycles. The van der Waals surface area contributed by atoms with Crippen molar-refractivity contribution >= 4 is 23.1 Å². The van der Waals surface area contributed by atoms with Crippen LogP contribution in [0.5, 0.6) is 0 Å². The molecule has 0 radical (unpaired) electrons. The third kappa shape index (κ3) is 2.74. The summed E-state index contributed by atoms with van der Waals surface area (Å²) in [4.78, 5) is 1.21. The van der Waals surface area contributed by atoms with Gasteiger partial charge in [-0.15, -0.1) is 11.8 Å². The molecule has 4 N–H and O–H groups in total. The smallest absolute Gasteiger partial charge is 0.0325 e. The maximum absolute atomic E-state index is 5.83. The van der Waals surface area contributed by atoms with Gasteiger partial charge in [0.25, 0.3) is 0 Å². The van der Waals surface area contributed by atoms with Gasteiger partial charge in [-0.1, -0.05) is 25.1 Å². The molecule has 0 saturated carbocycles. The highest BCUT2D eigenvalue weighted by molar-refractivity contribution is 7.99. The van der Waals surface area contributed by atoms with Crippen molar-refractivity contribution in [3.8, 4) is 11.1 Å². The molecule has 0 aliphatic rings. The molecule has 0 unspecified atom stereocenters. The van der Waals surface area contributed by atoms with E-state index in [0.717, 1.165) is 22.7 Å². The summed E-state index contributed by atoms with van der Waals surface area (Å²) in [7, 11) is 0. The van der Waals surface area contributed by atoms with Crippen LogP contribution in [0.1, 0.15) is 6.92 Å². The first-order valence-electron chi connectivity index (χ1n) is 5.59. The Bertz CT molecular complexity index is 523. The summed E-state index contributed by atoms with van der Waals surface area (Å²) in [6, 6.07) is 13.9. The van der Waals surface area contributed by atoms with Gasteiger partial charge in [-0.25, -0.2) is 0 Å². The summed E-state index contributed by atoms with van der Waals surface area (Å²) in [6.07, 6.45) is 0. The Morgan fingerprint density at radius 3 is 2.47 bits per heavy atom. The molecule has 2 rings (SSSR count). The van der Waals surface area contributed by atoms with Crippen LogP contribution in [-0.2, 0) is 0 Å². The second-order valence-corrected chi connectivity index (χ2v) is 5.12. The maximum Gasteiger partial charge on any atom is 0.0325 e. The zero-order valence-corrected chi connectivity index (χ0v) is 10.6. The van der Waals surface area contributed by atoms with Crippen molar-refractivity contribution in [2.24, 2.45) is 0 Å². The molecule has 0 amide bonds. The molecule has 0 aromatic heterocycles. The van der Waals surface area contributed by atoms with Crippen molar-refractivity contribution in [1.29, 1.82) is 0 Å². The van der Waals surface area contributed by atoms with E-state index < -0.39 is 0 Å². The minimum absolute atomic E-state index is 0.784. The Balaban J connectivity index is 2.50. The molecule has 0 atom stereocenters. The van der Waals surface area contributed by atoms with E-state index in [1.807, 2.05) is 30.3 Å². The van der Waals surface area contributed by atoms with Crippen molar-refractivity contribution in [2.75, 3.05) is 17.2 Å². The quantitative estimate of drug-likeness (QED) is 0.640. The highest BCUT2D eigenvalue weighted by Gasteiger charge is 2.05. The van der Waals surface area contributed by atoms with Gasteiger partial charge in [0, 0.05) is 16.3 Å². The Hall–Kier alpha value is -1.61. The summed E-state index contributed by atoms with van der Waals surface area (Å²) in [5.41, 5.74) is 15.6. The molecule has 0 bridgehead atoms. The molecule has 0 saturated heterocycles. The predicted molar refractivity (Wildman–Crippen MR) is 77.1 cm³/mol. The van der Waals surface area contributed by atoms with E-state index in [4.69, 9.17) is 11.5 Å². The van der Waals surface area contributed by atoms with Crippen LogP contribution in [0.4, 0.5) is 11.4 Å². The molecule has 3 heteroatoms. The summed E-state index contributed by atoms with van der Waals surface area (Å²) in [5, 5.41) is 0. The molecular formula is C14H16N2S. The zero-order chi connectivity index (χ0) is 12.3.